The van der Waals surface area contributed by atoms with Gasteiger partial charge < -0.3 is 0 Å². The number of nitriles is 2. The van der Waals surface area contributed by atoms with Gasteiger partial charge in [-0.3, -0.25) is 0 Å². The highest BCUT2D eigenvalue weighted by Crippen LogP contribution is 2.57. The summed E-state index contributed by atoms with van der Waals surface area (Å²) in [6.45, 7) is 12.7. The Balaban J connectivity index is 2.31. The molecule has 4 rings (SSSR count). The van der Waals surface area contributed by atoms with Gasteiger partial charge in [-0.25, -0.2) is 39.5 Å². The van der Waals surface area contributed by atoms with Crippen LogP contribution in [-0.2, 0) is 0 Å². The lowest BCUT2D eigenvalue weighted by Gasteiger charge is -2.18. The lowest BCUT2D eigenvalue weighted by molar-refractivity contribution is 0.376. The first-order valence-corrected chi connectivity index (χ1v) is 13.1. The van der Waals surface area contributed by atoms with Crippen LogP contribution in [0.3, 0.4) is 0 Å². The van der Waals surface area contributed by atoms with Crippen molar-refractivity contribution in [1.82, 2.24) is 0 Å². The maximum Gasteiger partial charge on any atom is 0.200 e. The van der Waals surface area contributed by atoms with E-state index in [0.717, 1.165) is 23.6 Å². The van der Waals surface area contributed by atoms with E-state index >= 15 is 8.78 Å². The molecule has 45 heavy (non-hydrogen) atoms. The molecule has 0 amide bonds. The molecule has 230 valence electrons. The molecule has 0 heterocycles. The van der Waals surface area contributed by atoms with Crippen LogP contribution in [0.4, 0.5) is 39.5 Å². The van der Waals surface area contributed by atoms with Crippen molar-refractivity contribution in [2.24, 2.45) is 0 Å². The standard InChI is InChI=1S/C34H21F9N2/c1-8-17-26(35)28(37)22(29(38)27(17)36)16(7)21-23(18(9-44)20-14(5)12(3)11(2)13(4)15(20)6)24(21)19(10-45)25-30(39)32(41)34(43)33(42)31(25)40/h8H,1H2,2-7H3/b21-16+,23-18-,24-19?. The highest BCUT2D eigenvalue weighted by Gasteiger charge is 2.44. The minimum absolute atomic E-state index is 0.267. The van der Waals surface area contributed by atoms with Gasteiger partial charge in [0.15, 0.2) is 46.5 Å². The Morgan fingerprint density at radius 2 is 0.822 bits per heavy atom. The van der Waals surface area contributed by atoms with E-state index in [1.54, 1.807) is 27.7 Å². The van der Waals surface area contributed by atoms with E-state index in [1.165, 1.54) is 6.07 Å². The maximum absolute atomic E-state index is 15.3. The van der Waals surface area contributed by atoms with E-state index in [0.29, 0.717) is 17.2 Å². The Labute approximate surface area is 252 Å². The van der Waals surface area contributed by atoms with Crippen LogP contribution in [0.15, 0.2) is 23.3 Å². The van der Waals surface area contributed by atoms with Gasteiger partial charge in [0.05, 0.1) is 27.8 Å². The first-order valence-electron chi connectivity index (χ1n) is 13.1. The zero-order chi connectivity index (χ0) is 34.0. The summed E-state index contributed by atoms with van der Waals surface area (Å²) in [5.41, 5.74) is -3.83. The Morgan fingerprint density at radius 3 is 1.20 bits per heavy atom. The number of rotatable bonds is 4. The smallest absolute Gasteiger partial charge is 0.200 e. The first-order chi connectivity index (χ1) is 21.0. The van der Waals surface area contributed by atoms with Crippen LogP contribution in [0.5, 0.6) is 0 Å². The summed E-state index contributed by atoms with van der Waals surface area (Å²) >= 11 is 0. The number of halogens is 9. The maximum atomic E-state index is 15.3. The molecule has 1 aliphatic rings. The van der Waals surface area contributed by atoms with Crippen molar-refractivity contribution >= 4 is 22.8 Å². The number of nitrogens with zero attached hydrogens (tertiary/aromatic N) is 2. The van der Waals surface area contributed by atoms with Gasteiger partial charge >= 0.3 is 0 Å². The summed E-state index contributed by atoms with van der Waals surface area (Å²) in [5.74, 6) is -19.4. The predicted octanol–water partition coefficient (Wildman–Crippen LogP) is 9.87. The quantitative estimate of drug-likeness (QED) is 0.125. The fraction of sp³-hybridized carbons (Fsp3) is 0.176. The largest absolute Gasteiger partial charge is 0.203 e. The third-order valence-electron chi connectivity index (χ3n) is 8.37. The van der Waals surface area contributed by atoms with E-state index < -0.39 is 91.3 Å². The molecular formula is C34H21F9N2. The molecule has 1 saturated carbocycles. The van der Waals surface area contributed by atoms with Crippen molar-refractivity contribution < 1.29 is 39.5 Å². The summed E-state index contributed by atoms with van der Waals surface area (Å²) in [5, 5.41) is 20.4. The molecule has 0 N–H and O–H groups in total. The highest BCUT2D eigenvalue weighted by molar-refractivity contribution is 6.11. The molecule has 0 radical (unpaired) electrons. The number of benzene rings is 3. The molecule has 0 spiro atoms. The zero-order valence-corrected chi connectivity index (χ0v) is 24.6. The van der Waals surface area contributed by atoms with Crippen molar-refractivity contribution in [3.63, 3.8) is 0 Å². The molecule has 3 aromatic rings. The fourth-order valence-electron chi connectivity index (χ4n) is 5.52. The summed E-state index contributed by atoms with van der Waals surface area (Å²) in [7, 11) is 0. The van der Waals surface area contributed by atoms with E-state index in [4.69, 9.17) is 0 Å². The summed E-state index contributed by atoms with van der Waals surface area (Å²) < 4.78 is 132. The Kier molecular flexibility index (Phi) is 8.38. The molecule has 0 atom stereocenters. The molecule has 0 saturated heterocycles. The average molecular weight is 629 g/mol. The van der Waals surface area contributed by atoms with Gasteiger partial charge in [-0.05, 0) is 86.1 Å². The molecule has 11 heteroatoms. The van der Waals surface area contributed by atoms with Crippen LogP contribution in [-0.4, -0.2) is 0 Å². The van der Waals surface area contributed by atoms with Crippen LogP contribution in [0.25, 0.3) is 22.8 Å². The highest BCUT2D eigenvalue weighted by atomic mass is 19.2. The van der Waals surface area contributed by atoms with Crippen molar-refractivity contribution in [3.05, 3.63) is 126 Å². The third kappa shape index (κ3) is 4.65. The van der Waals surface area contributed by atoms with Crippen LogP contribution in [0, 0.1) is 110 Å². The van der Waals surface area contributed by atoms with E-state index in [9.17, 15) is 41.3 Å². The fourth-order valence-corrected chi connectivity index (χ4v) is 5.52. The lowest BCUT2D eigenvalue weighted by atomic mass is 9.86. The van der Waals surface area contributed by atoms with Gasteiger partial charge in [0, 0.05) is 11.1 Å². The van der Waals surface area contributed by atoms with Crippen LogP contribution >= 0.6 is 0 Å². The SMILES string of the molecule is C=Cc1c(F)c(F)c(/C(C)=C2/C(=C(C#N)c3c(F)c(F)c(F)c(F)c3F)/C2=C(/C#N)c2c(C)c(C)c(C)c(C)c2C)c(F)c1F. The molecule has 0 unspecified atom stereocenters. The van der Waals surface area contributed by atoms with Gasteiger partial charge in [0.2, 0.25) is 5.82 Å². The Morgan fingerprint density at radius 1 is 0.489 bits per heavy atom. The van der Waals surface area contributed by atoms with Gasteiger partial charge in [0.1, 0.15) is 12.1 Å². The minimum atomic E-state index is -2.50. The van der Waals surface area contributed by atoms with E-state index in [1.807, 2.05) is 13.0 Å². The molecule has 3 aromatic carbocycles. The first kappa shape index (κ1) is 32.9. The van der Waals surface area contributed by atoms with Crippen molar-refractivity contribution in [3.8, 4) is 12.1 Å². The topological polar surface area (TPSA) is 47.6 Å². The lowest BCUT2D eigenvalue weighted by Crippen LogP contribution is -2.06. The van der Waals surface area contributed by atoms with Crippen molar-refractivity contribution in [1.29, 1.82) is 10.5 Å². The third-order valence-corrected chi connectivity index (χ3v) is 8.37. The van der Waals surface area contributed by atoms with Gasteiger partial charge in [-0.2, -0.15) is 10.5 Å². The number of hydrogen-bond donors (Lipinski definition) is 0. The molecule has 1 fully saturated rings. The summed E-state index contributed by atoms with van der Waals surface area (Å²) in [6.07, 6.45) is 0.537. The van der Waals surface area contributed by atoms with Crippen LogP contribution < -0.4 is 0 Å². The molecule has 1 aliphatic carbocycles. The number of hydrogen-bond acceptors (Lipinski definition) is 2. The predicted molar refractivity (Wildman–Crippen MR) is 150 cm³/mol. The van der Waals surface area contributed by atoms with Crippen molar-refractivity contribution in [2.45, 2.75) is 41.5 Å². The second kappa shape index (κ2) is 11.5. The average Bonchev–Trinajstić information content (AvgIpc) is 3.75. The van der Waals surface area contributed by atoms with Gasteiger partial charge in [0.25, 0.3) is 0 Å². The molecule has 0 bridgehead atoms. The zero-order valence-electron chi connectivity index (χ0n) is 24.6. The summed E-state index contributed by atoms with van der Waals surface area (Å²) in [6, 6.07) is 3.30. The van der Waals surface area contributed by atoms with Crippen LogP contribution in [0.2, 0.25) is 0 Å². The molecule has 0 aliphatic heterocycles. The van der Waals surface area contributed by atoms with Gasteiger partial charge in [-0.15, -0.1) is 0 Å². The molecular weight excluding hydrogens is 607 g/mol. The van der Waals surface area contributed by atoms with E-state index in [2.05, 4.69) is 6.58 Å². The second-order valence-electron chi connectivity index (χ2n) is 10.4. The van der Waals surface area contributed by atoms with E-state index in [-0.39, 0.29) is 16.7 Å². The van der Waals surface area contributed by atoms with Crippen LogP contribution in [0.1, 0.15) is 57.0 Å². The molecule has 0 aromatic heterocycles. The normalized spacial score (nSPS) is 15.8. The van der Waals surface area contributed by atoms with Gasteiger partial charge in [-0.1, -0.05) is 12.7 Å². The second-order valence-corrected chi connectivity index (χ2v) is 10.4. The minimum Gasteiger partial charge on any atom is -0.203 e. The van der Waals surface area contributed by atoms with Crippen molar-refractivity contribution in [2.75, 3.05) is 0 Å². The Bertz CT molecular complexity index is 1890. The molecule has 2 nitrogen and oxygen atoms in total. The monoisotopic (exact) mass is 628 g/mol. The number of allylic oxidation sites excluding steroid dienone is 6. The Hall–Kier alpha value is -5.03. The summed E-state index contributed by atoms with van der Waals surface area (Å²) in [4.78, 5) is 0.